The summed E-state index contributed by atoms with van der Waals surface area (Å²) in [6.45, 7) is 1.55. The van der Waals surface area contributed by atoms with Crippen LogP contribution in [0, 0.1) is 11.6 Å². The Morgan fingerprint density at radius 3 is 2.69 bits per heavy atom. The summed E-state index contributed by atoms with van der Waals surface area (Å²) in [6.07, 6.45) is 7.59. The van der Waals surface area contributed by atoms with Crippen LogP contribution in [0.2, 0.25) is 0 Å². The Labute approximate surface area is 185 Å². The first-order valence-corrected chi connectivity index (χ1v) is 10.7. The van der Waals surface area contributed by atoms with E-state index in [1.54, 1.807) is 29.3 Å². The van der Waals surface area contributed by atoms with E-state index in [1.165, 1.54) is 18.2 Å². The molecule has 1 N–H and O–H groups in total. The van der Waals surface area contributed by atoms with Crippen LogP contribution in [0.3, 0.4) is 0 Å². The highest BCUT2D eigenvalue weighted by Gasteiger charge is 2.43. The van der Waals surface area contributed by atoms with Crippen molar-refractivity contribution in [1.29, 1.82) is 0 Å². The van der Waals surface area contributed by atoms with E-state index in [0.717, 1.165) is 37.8 Å². The van der Waals surface area contributed by atoms with E-state index in [0.29, 0.717) is 30.9 Å². The van der Waals surface area contributed by atoms with Crippen LogP contribution < -0.4 is 5.32 Å². The summed E-state index contributed by atoms with van der Waals surface area (Å²) in [5.41, 5.74) is 0.546. The van der Waals surface area contributed by atoms with Crippen molar-refractivity contribution in [2.75, 3.05) is 19.6 Å². The zero-order chi connectivity index (χ0) is 22.6. The average Bonchev–Trinajstić information content (AvgIpc) is 3.21. The van der Waals surface area contributed by atoms with Crippen molar-refractivity contribution >= 4 is 17.9 Å². The summed E-state index contributed by atoms with van der Waals surface area (Å²) in [4.78, 5) is 30.4. The second-order valence-corrected chi connectivity index (χ2v) is 8.22. The van der Waals surface area contributed by atoms with Gasteiger partial charge in [-0.1, -0.05) is 12.1 Å². The Morgan fingerprint density at radius 2 is 1.97 bits per heavy atom. The molecule has 0 aliphatic carbocycles. The van der Waals surface area contributed by atoms with Crippen LogP contribution in [0.15, 0.2) is 48.7 Å². The van der Waals surface area contributed by atoms with E-state index in [-0.39, 0.29) is 23.5 Å². The van der Waals surface area contributed by atoms with E-state index in [1.807, 2.05) is 0 Å². The van der Waals surface area contributed by atoms with Gasteiger partial charge in [-0.15, -0.1) is 0 Å². The third-order valence-electron chi connectivity index (χ3n) is 6.07. The first-order valence-electron chi connectivity index (χ1n) is 10.7. The second kappa shape index (κ2) is 9.56. The molecule has 2 saturated heterocycles. The summed E-state index contributed by atoms with van der Waals surface area (Å²) in [6, 6.07) is 8.72. The summed E-state index contributed by atoms with van der Waals surface area (Å²) in [5, 5.41) is 2.88. The van der Waals surface area contributed by atoms with Crippen LogP contribution in [0.4, 0.5) is 8.78 Å². The molecule has 32 heavy (non-hydrogen) atoms. The van der Waals surface area contributed by atoms with Crippen molar-refractivity contribution in [3.8, 4) is 0 Å². The summed E-state index contributed by atoms with van der Waals surface area (Å²) < 4.78 is 32.6. The van der Waals surface area contributed by atoms with Gasteiger partial charge in [0.05, 0.1) is 11.7 Å². The number of likely N-dealkylation sites (tertiary alicyclic amines) is 1. The topological polar surface area (TPSA) is 71.5 Å². The molecule has 0 saturated carbocycles. The monoisotopic (exact) mass is 441 g/mol. The number of pyridine rings is 1. The number of amides is 2. The molecule has 1 aromatic heterocycles. The molecule has 1 unspecified atom stereocenters. The first kappa shape index (κ1) is 22.1. The number of hydrogen-bond acceptors (Lipinski definition) is 4. The molecule has 2 aliphatic rings. The number of halogens is 2. The summed E-state index contributed by atoms with van der Waals surface area (Å²) in [7, 11) is 0. The van der Waals surface area contributed by atoms with E-state index in [9.17, 15) is 18.4 Å². The number of rotatable bonds is 5. The number of carbonyl (C=O) groups excluding carboxylic acids is 2. The lowest BCUT2D eigenvalue weighted by atomic mass is 9.88. The molecular weight excluding hydrogens is 416 g/mol. The molecule has 2 amide bonds. The molecule has 168 valence electrons. The van der Waals surface area contributed by atoms with Gasteiger partial charge in [-0.2, -0.15) is 0 Å². The maximum atomic E-state index is 13.3. The van der Waals surface area contributed by atoms with Crippen LogP contribution in [0.1, 0.15) is 41.7 Å². The molecule has 6 nitrogen and oxygen atoms in total. The highest BCUT2D eigenvalue weighted by Crippen LogP contribution is 2.38. The first-order chi connectivity index (χ1) is 15.4. The molecule has 2 fully saturated rings. The zero-order valence-electron chi connectivity index (χ0n) is 17.6. The molecule has 2 aliphatic heterocycles. The van der Waals surface area contributed by atoms with Gasteiger partial charge in [-0.3, -0.25) is 14.6 Å². The van der Waals surface area contributed by atoms with Gasteiger partial charge in [-0.05, 0) is 61.6 Å². The Morgan fingerprint density at radius 1 is 1.16 bits per heavy atom. The van der Waals surface area contributed by atoms with Crippen molar-refractivity contribution in [3.63, 3.8) is 0 Å². The smallest absolute Gasteiger partial charge is 0.269 e. The molecular formula is C24H25F2N3O3. The summed E-state index contributed by atoms with van der Waals surface area (Å²) >= 11 is 0. The molecule has 8 heteroatoms. The molecule has 1 aromatic carbocycles. The zero-order valence-corrected chi connectivity index (χ0v) is 17.6. The molecule has 0 radical (unpaired) electrons. The van der Waals surface area contributed by atoms with Crippen LogP contribution in [0.25, 0.3) is 6.08 Å². The SMILES string of the molecule is O=C(NCC1CCC2(CCN(C(=O)/C=C/c3ccc(F)c(F)c3)CC2)O1)c1ccccn1. The van der Waals surface area contributed by atoms with E-state index in [4.69, 9.17) is 4.74 Å². The molecule has 0 bridgehead atoms. The van der Waals surface area contributed by atoms with Gasteiger partial charge in [0.25, 0.3) is 5.91 Å². The molecule has 3 heterocycles. The maximum absolute atomic E-state index is 13.3. The number of benzene rings is 1. The lowest BCUT2D eigenvalue weighted by Crippen LogP contribution is -2.46. The Kier molecular flexibility index (Phi) is 6.60. The molecule has 4 rings (SSSR count). The van der Waals surface area contributed by atoms with Gasteiger partial charge in [0.15, 0.2) is 11.6 Å². The Balaban J connectivity index is 1.24. The van der Waals surface area contributed by atoms with Gasteiger partial charge in [-0.25, -0.2) is 8.78 Å². The highest BCUT2D eigenvalue weighted by molar-refractivity contribution is 5.92. The quantitative estimate of drug-likeness (QED) is 0.723. The fraction of sp³-hybridized carbons (Fsp3) is 0.375. The van der Waals surface area contributed by atoms with Gasteiger partial charge < -0.3 is 15.0 Å². The van der Waals surface area contributed by atoms with Crippen molar-refractivity contribution in [3.05, 3.63) is 71.6 Å². The van der Waals surface area contributed by atoms with E-state index >= 15 is 0 Å². The predicted octanol–water partition coefficient (Wildman–Crippen LogP) is 3.34. The third-order valence-corrected chi connectivity index (χ3v) is 6.07. The van der Waals surface area contributed by atoms with E-state index < -0.39 is 11.6 Å². The molecule has 2 aromatic rings. The van der Waals surface area contributed by atoms with Gasteiger partial charge >= 0.3 is 0 Å². The van der Waals surface area contributed by atoms with E-state index in [2.05, 4.69) is 10.3 Å². The van der Waals surface area contributed by atoms with Crippen LogP contribution in [-0.2, 0) is 9.53 Å². The van der Waals surface area contributed by atoms with Gasteiger partial charge in [0.1, 0.15) is 5.69 Å². The minimum absolute atomic E-state index is 0.0572. The van der Waals surface area contributed by atoms with Gasteiger partial charge in [0.2, 0.25) is 5.91 Å². The van der Waals surface area contributed by atoms with Crippen molar-refractivity contribution < 1.29 is 23.1 Å². The van der Waals surface area contributed by atoms with Crippen LogP contribution >= 0.6 is 0 Å². The minimum atomic E-state index is -0.941. The normalized spacial score (nSPS) is 20.1. The van der Waals surface area contributed by atoms with Crippen molar-refractivity contribution in [2.24, 2.45) is 0 Å². The lowest BCUT2D eigenvalue weighted by Gasteiger charge is -2.38. The number of nitrogens with one attached hydrogen (secondary N) is 1. The minimum Gasteiger partial charge on any atom is -0.370 e. The van der Waals surface area contributed by atoms with Crippen LogP contribution in [0.5, 0.6) is 0 Å². The number of hydrogen-bond donors (Lipinski definition) is 1. The standard InChI is InChI=1S/C24H25F2N3O3/c25-19-6-4-17(15-20(19)26)5-7-22(30)29-13-10-24(11-14-29)9-8-18(32-24)16-28-23(31)21-3-1-2-12-27-21/h1-7,12,15,18H,8-11,13-14,16H2,(H,28,31)/b7-5+. The maximum Gasteiger partial charge on any atom is 0.269 e. The Hall–Kier alpha value is -3.13. The summed E-state index contributed by atoms with van der Waals surface area (Å²) in [5.74, 6) is -2.24. The number of piperidine rings is 1. The fourth-order valence-corrected chi connectivity index (χ4v) is 4.22. The fourth-order valence-electron chi connectivity index (χ4n) is 4.22. The van der Waals surface area contributed by atoms with Crippen LogP contribution in [-0.4, -0.2) is 53.0 Å². The molecule has 1 spiro atoms. The molecule has 1 atom stereocenters. The lowest BCUT2D eigenvalue weighted by molar-refractivity contribution is -0.132. The third kappa shape index (κ3) is 5.19. The number of ether oxygens (including phenoxy) is 1. The van der Waals surface area contributed by atoms with Gasteiger partial charge in [0, 0.05) is 31.9 Å². The Bertz CT molecular complexity index is 1000. The highest BCUT2D eigenvalue weighted by atomic mass is 19.2. The average molecular weight is 441 g/mol. The van der Waals surface area contributed by atoms with Crippen molar-refractivity contribution in [2.45, 2.75) is 37.4 Å². The van der Waals surface area contributed by atoms with Crippen molar-refractivity contribution in [1.82, 2.24) is 15.2 Å². The predicted molar refractivity (Wildman–Crippen MR) is 115 cm³/mol. The number of nitrogens with zero attached hydrogens (tertiary/aromatic N) is 2. The second-order valence-electron chi connectivity index (χ2n) is 8.22. The largest absolute Gasteiger partial charge is 0.370 e. The number of carbonyl (C=O) groups is 2. The number of aromatic nitrogens is 1.